The van der Waals surface area contributed by atoms with Gasteiger partial charge >= 0.3 is 0 Å². The average molecular weight is 311 g/mol. The van der Waals surface area contributed by atoms with Gasteiger partial charge in [-0.3, -0.25) is 4.79 Å². The Kier molecular flexibility index (Phi) is 4.63. The van der Waals surface area contributed by atoms with Crippen LogP contribution in [0.15, 0.2) is 48.5 Å². The highest BCUT2D eigenvalue weighted by molar-refractivity contribution is 5.96. The number of fused-ring (bicyclic) bond motifs is 1. The van der Waals surface area contributed by atoms with E-state index in [0.29, 0.717) is 6.54 Å². The molecule has 2 aromatic rings. The Bertz CT molecular complexity index is 699. The van der Waals surface area contributed by atoms with Gasteiger partial charge in [0.05, 0.1) is 12.7 Å². The first kappa shape index (κ1) is 15.6. The van der Waals surface area contributed by atoms with Crippen molar-refractivity contribution < 1.29 is 14.8 Å². The molecule has 23 heavy (non-hydrogen) atoms. The number of ether oxygens (including phenoxy) is 1. The van der Waals surface area contributed by atoms with Crippen LogP contribution in [0.25, 0.3) is 0 Å². The van der Waals surface area contributed by atoms with Crippen molar-refractivity contribution in [1.82, 2.24) is 0 Å². The quantitative estimate of drug-likeness (QED) is 0.917. The number of benzene rings is 2. The lowest BCUT2D eigenvalue weighted by Gasteiger charge is -2.19. The smallest absolute Gasteiger partial charge is 0.282 e. The normalized spacial score (nSPS) is 14.4. The third-order valence-electron chi connectivity index (χ3n) is 4.46. The van der Waals surface area contributed by atoms with Crippen LogP contribution in [0.5, 0.6) is 5.75 Å². The summed E-state index contributed by atoms with van der Waals surface area (Å²) in [5.74, 6) is 1.03. The van der Waals surface area contributed by atoms with E-state index in [1.54, 1.807) is 7.11 Å². The van der Waals surface area contributed by atoms with Gasteiger partial charge in [-0.25, -0.2) is 0 Å². The number of anilines is 1. The Morgan fingerprint density at radius 1 is 1.22 bits per heavy atom. The highest BCUT2D eigenvalue weighted by Gasteiger charge is 2.25. The maximum atomic E-state index is 12.6. The number of methoxy groups -OCH3 is 1. The second kappa shape index (κ2) is 6.84. The molecule has 1 heterocycles. The third kappa shape index (κ3) is 3.22. The summed E-state index contributed by atoms with van der Waals surface area (Å²) in [4.78, 5) is 14.5. The highest BCUT2D eigenvalue weighted by Crippen LogP contribution is 2.27. The van der Waals surface area contributed by atoms with Crippen LogP contribution < -0.4 is 15.0 Å². The first-order valence-corrected chi connectivity index (χ1v) is 8.05. The van der Waals surface area contributed by atoms with Crippen LogP contribution >= 0.6 is 0 Å². The van der Waals surface area contributed by atoms with Crippen LogP contribution in [0.4, 0.5) is 5.69 Å². The molecule has 120 valence electrons. The molecule has 1 aliphatic rings. The molecule has 1 atom stereocenters. The maximum Gasteiger partial charge on any atom is 0.282 e. The monoisotopic (exact) mass is 311 g/mol. The minimum atomic E-state index is 0.164. The van der Waals surface area contributed by atoms with E-state index in [2.05, 4.69) is 24.4 Å². The molecule has 0 saturated carbocycles. The van der Waals surface area contributed by atoms with Gasteiger partial charge in [0.2, 0.25) is 0 Å². The van der Waals surface area contributed by atoms with Crippen molar-refractivity contribution in [2.24, 2.45) is 0 Å². The van der Waals surface area contributed by atoms with E-state index in [1.807, 2.05) is 41.3 Å². The number of rotatable bonds is 5. The van der Waals surface area contributed by atoms with E-state index in [9.17, 15) is 4.79 Å². The molecule has 0 radical (unpaired) electrons. The van der Waals surface area contributed by atoms with Gasteiger partial charge in [0.15, 0.2) is 6.54 Å². The molecule has 0 spiro atoms. The van der Waals surface area contributed by atoms with Gasteiger partial charge in [0, 0.05) is 12.2 Å². The molecule has 0 unspecified atom stereocenters. The number of nitrogens with two attached hydrogens (primary N) is 1. The molecule has 1 amide bonds. The highest BCUT2D eigenvalue weighted by atomic mass is 16.5. The molecule has 0 aromatic heterocycles. The van der Waals surface area contributed by atoms with E-state index < -0.39 is 0 Å². The van der Waals surface area contributed by atoms with Crippen molar-refractivity contribution >= 4 is 11.6 Å². The molecule has 2 aromatic carbocycles. The summed E-state index contributed by atoms with van der Waals surface area (Å²) in [6, 6.07) is 16.3. The van der Waals surface area contributed by atoms with Gasteiger partial charge in [-0.15, -0.1) is 0 Å². The summed E-state index contributed by atoms with van der Waals surface area (Å²) in [6.07, 6.45) is 0.948. The molecule has 3 rings (SSSR count). The van der Waals surface area contributed by atoms with Crippen molar-refractivity contribution in [1.29, 1.82) is 0 Å². The van der Waals surface area contributed by atoms with E-state index in [4.69, 9.17) is 4.74 Å². The standard InChI is InChI=1S/C19H22N2O2/c1-14(16-8-4-6-10-18(16)23-2)20-13-19(22)21-12-11-15-7-3-5-9-17(15)21/h3-10,14,20H,11-13H2,1-2H3/p+1/t14-/m1/s1. The molecule has 2 N–H and O–H groups in total. The van der Waals surface area contributed by atoms with Crippen LogP contribution in [-0.4, -0.2) is 26.1 Å². The number of hydrogen-bond acceptors (Lipinski definition) is 2. The molecular formula is C19H23N2O2+. The lowest BCUT2D eigenvalue weighted by atomic mass is 10.1. The van der Waals surface area contributed by atoms with Crippen molar-refractivity contribution in [3.8, 4) is 5.75 Å². The first-order valence-electron chi connectivity index (χ1n) is 8.05. The number of quaternary nitrogens is 1. The number of carbonyl (C=O) groups is 1. The largest absolute Gasteiger partial charge is 0.496 e. The third-order valence-corrected chi connectivity index (χ3v) is 4.46. The Morgan fingerprint density at radius 3 is 2.78 bits per heavy atom. The van der Waals surface area contributed by atoms with Crippen LogP contribution in [0.2, 0.25) is 0 Å². The van der Waals surface area contributed by atoms with Crippen LogP contribution in [0.3, 0.4) is 0 Å². The molecular weight excluding hydrogens is 288 g/mol. The number of hydrogen-bond donors (Lipinski definition) is 1. The van der Waals surface area contributed by atoms with Gasteiger partial charge in [-0.2, -0.15) is 0 Å². The number of amides is 1. The Labute approximate surface area is 137 Å². The fourth-order valence-corrected chi connectivity index (χ4v) is 3.15. The minimum Gasteiger partial charge on any atom is -0.496 e. The van der Waals surface area contributed by atoms with Gasteiger partial charge in [-0.05, 0) is 37.1 Å². The molecule has 0 fully saturated rings. The lowest BCUT2D eigenvalue weighted by Crippen LogP contribution is -2.87. The SMILES string of the molecule is COc1ccccc1[C@@H](C)[NH2+]CC(=O)N1CCc2ccccc21. The van der Waals surface area contributed by atoms with E-state index in [1.165, 1.54) is 5.56 Å². The molecule has 1 aliphatic heterocycles. The topological polar surface area (TPSA) is 46.1 Å². The lowest BCUT2D eigenvalue weighted by molar-refractivity contribution is -0.682. The fourth-order valence-electron chi connectivity index (χ4n) is 3.15. The van der Waals surface area contributed by atoms with E-state index in [0.717, 1.165) is 30.0 Å². The summed E-state index contributed by atoms with van der Waals surface area (Å²) in [6.45, 7) is 3.33. The molecule has 4 heteroatoms. The van der Waals surface area contributed by atoms with Crippen molar-refractivity contribution in [3.05, 3.63) is 59.7 Å². The summed E-state index contributed by atoms with van der Waals surface area (Å²) >= 11 is 0. The average Bonchev–Trinajstić information content (AvgIpc) is 3.03. The predicted octanol–water partition coefficient (Wildman–Crippen LogP) is 1.91. The van der Waals surface area contributed by atoms with Crippen molar-refractivity contribution in [3.63, 3.8) is 0 Å². The zero-order valence-corrected chi connectivity index (χ0v) is 13.7. The van der Waals surface area contributed by atoms with Crippen LogP contribution in [-0.2, 0) is 11.2 Å². The zero-order chi connectivity index (χ0) is 16.2. The van der Waals surface area contributed by atoms with Gasteiger partial charge in [0.1, 0.15) is 11.8 Å². The Balaban J connectivity index is 1.64. The first-order chi connectivity index (χ1) is 11.2. The molecule has 0 saturated heterocycles. The predicted molar refractivity (Wildman–Crippen MR) is 90.7 cm³/mol. The second-order valence-electron chi connectivity index (χ2n) is 5.89. The van der Waals surface area contributed by atoms with E-state index in [-0.39, 0.29) is 11.9 Å². The minimum absolute atomic E-state index is 0.164. The van der Waals surface area contributed by atoms with Crippen LogP contribution in [0, 0.1) is 0 Å². The Hall–Kier alpha value is -2.33. The molecule has 4 nitrogen and oxygen atoms in total. The van der Waals surface area contributed by atoms with Crippen molar-refractivity contribution in [2.45, 2.75) is 19.4 Å². The number of carbonyl (C=O) groups excluding carboxylic acids is 1. The van der Waals surface area contributed by atoms with Crippen LogP contribution in [0.1, 0.15) is 24.1 Å². The molecule has 0 aliphatic carbocycles. The maximum absolute atomic E-state index is 12.6. The summed E-state index contributed by atoms with van der Waals surface area (Å²) in [7, 11) is 1.68. The van der Waals surface area contributed by atoms with E-state index >= 15 is 0 Å². The fraction of sp³-hybridized carbons (Fsp3) is 0.316. The summed E-state index contributed by atoms with van der Waals surface area (Å²) < 4.78 is 5.40. The number of nitrogens with zero attached hydrogens (tertiary/aromatic N) is 1. The zero-order valence-electron chi connectivity index (χ0n) is 13.7. The molecule has 0 bridgehead atoms. The Morgan fingerprint density at radius 2 is 1.96 bits per heavy atom. The summed E-state index contributed by atoms with van der Waals surface area (Å²) in [5, 5.41) is 2.07. The summed E-state index contributed by atoms with van der Waals surface area (Å²) in [5.41, 5.74) is 3.44. The van der Waals surface area contributed by atoms with Gasteiger partial charge in [0.25, 0.3) is 5.91 Å². The second-order valence-corrected chi connectivity index (χ2v) is 5.89. The van der Waals surface area contributed by atoms with Crippen molar-refractivity contribution in [2.75, 3.05) is 25.1 Å². The number of para-hydroxylation sites is 2. The van der Waals surface area contributed by atoms with Gasteiger partial charge in [-0.1, -0.05) is 30.3 Å². The van der Waals surface area contributed by atoms with Gasteiger partial charge < -0.3 is 15.0 Å².